The van der Waals surface area contributed by atoms with Crippen LogP contribution in [0.3, 0.4) is 0 Å². The van der Waals surface area contributed by atoms with E-state index in [4.69, 9.17) is 208 Å². The largest absolute Gasteiger partial charge is 3.00 e. The van der Waals surface area contributed by atoms with Gasteiger partial charge in [-0.15, -0.1) is 0 Å². The number of hydrogen-bond donors (Lipinski definition) is 0. The van der Waals surface area contributed by atoms with E-state index in [9.17, 15) is 0 Å². The zero-order valence-electron chi connectivity index (χ0n) is 50.5. The molecule has 0 aliphatic heterocycles. The predicted molar refractivity (Wildman–Crippen MR) is 224 cm³/mol. The van der Waals surface area contributed by atoms with E-state index in [-0.39, 0.29) is 110 Å². The first-order valence-electron chi connectivity index (χ1n) is 19.1. The molecule has 0 aromatic rings. The van der Waals surface area contributed by atoms with Crippen LogP contribution in [0.1, 0.15) is 145 Å². The van der Waals surface area contributed by atoms with Crippen molar-refractivity contribution in [3.05, 3.63) is 0 Å². The van der Waals surface area contributed by atoms with Crippen LogP contribution in [0.15, 0.2) is 0 Å². The molecule has 0 aliphatic carbocycles. The van der Waals surface area contributed by atoms with Crippen molar-refractivity contribution in [2.75, 3.05) is 0 Å². The van der Waals surface area contributed by atoms with E-state index in [1.165, 1.54) is 0 Å². The Morgan fingerprint density at radius 2 is 0.114 bits per heavy atom. The fourth-order valence-corrected chi connectivity index (χ4v) is 0. The second-order valence-electron chi connectivity index (χ2n) is 10.3. The summed E-state index contributed by atoms with van der Waals surface area (Å²) in [6, 6.07) is 0. The quantitative estimate of drug-likeness (QED) is 0.203. The molecule has 0 bridgehead atoms. The summed E-state index contributed by atoms with van der Waals surface area (Å²) < 4.78 is 0. The summed E-state index contributed by atoms with van der Waals surface area (Å²) in [4.78, 5) is 187. The first-order chi connectivity index (χ1) is 36.4. The number of rotatable bonds is 0. The average molecular weight is 2010 g/mol. The third-order valence-corrected chi connectivity index (χ3v) is 0. The second kappa shape index (κ2) is 159. The topological polar surface area (TPSA) is 843 Å². The van der Waals surface area contributed by atoms with Crippen molar-refractivity contribution in [3.63, 3.8) is 0 Å². The van der Waals surface area contributed by atoms with Gasteiger partial charge in [0.15, 0.2) is 0 Å². The predicted octanol–water partition coefficient (Wildman–Crippen LogP) is -26.1. The molecule has 46 heteroatoms. The van der Waals surface area contributed by atoms with Crippen molar-refractivity contribution in [3.8, 4) is 0 Å². The molecule has 0 saturated heterocycles. The van der Waals surface area contributed by atoms with E-state index in [1.807, 2.05) is 0 Å². The van der Waals surface area contributed by atoms with Crippen LogP contribution in [0.25, 0.3) is 0 Å². The zero-order chi connectivity index (χ0) is 75.1. The van der Waals surface area contributed by atoms with Crippen molar-refractivity contribution in [1.82, 2.24) is 0 Å². The second-order valence-corrected chi connectivity index (χ2v) is 10.3. The molecular formula is C42H63FeO42U3-18. The van der Waals surface area contributed by atoms with E-state index < -0.39 is 125 Å². The monoisotopic (exact) mass is 2010 g/mol. The van der Waals surface area contributed by atoms with Crippen molar-refractivity contribution < 1.29 is 318 Å². The number of carboxylic acids is 21. The average Bonchev–Trinajstić information content (AvgIpc) is 3.03. The molecular weight excluding hydrogens is 1950 g/mol. The molecule has 0 fully saturated rings. The minimum atomic E-state index is -1.08. The van der Waals surface area contributed by atoms with Gasteiger partial charge in [0.25, 0.3) is 0 Å². The Balaban J connectivity index is -0.0000000205. The van der Waals surface area contributed by atoms with Gasteiger partial charge in [-0.05, 0) is 145 Å². The standard InChI is InChI=1S/21C2H4O2.Fe.3U/c21*1-2(3)4;;;;/h21*1H3,(H,3,4);;;;/q;;;;;;;;;;;;;;;;;;;;;+3;;;/p-21. The van der Waals surface area contributed by atoms with Gasteiger partial charge in [0, 0.05) is 219 Å². The minimum Gasteiger partial charge on any atom is -0.550 e. The molecule has 88 heavy (non-hydrogen) atoms. The Morgan fingerprint density at radius 1 is 0.114 bits per heavy atom. The van der Waals surface area contributed by atoms with Crippen LogP contribution in [0.5, 0.6) is 0 Å². The van der Waals surface area contributed by atoms with Crippen LogP contribution in [0, 0.1) is 93.3 Å². The first-order valence-corrected chi connectivity index (χ1v) is 19.1. The van der Waals surface area contributed by atoms with Gasteiger partial charge >= 0.3 is 17.1 Å². The normalized spacial score (nSPS) is 5.97. The number of carboxylic acid groups (broad SMARTS) is 21. The van der Waals surface area contributed by atoms with Crippen molar-refractivity contribution in [2.45, 2.75) is 145 Å². The summed E-state index contributed by atoms with van der Waals surface area (Å²) in [6.45, 7) is 20.4. The maximum absolute atomic E-state index is 8.89. The number of carbonyl (C=O) groups excluding carboxylic acids is 21. The fraction of sp³-hybridized carbons (Fsp3) is 0.500. The summed E-state index contributed by atoms with van der Waals surface area (Å²) in [6.07, 6.45) is 0. The molecule has 0 aromatic heterocycles. The Kier molecular flexibility index (Phi) is 299. The third kappa shape index (κ3) is 8500. The summed E-state index contributed by atoms with van der Waals surface area (Å²) in [5, 5.41) is 187. The molecule has 0 N–H and O–H groups in total. The van der Waals surface area contributed by atoms with Gasteiger partial charge in [-0.1, -0.05) is 0 Å². The molecule has 0 aromatic carbocycles. The molecule has 0 heterocycles. The summed E-state index contributed by atoms with van der Waals surface area (Å²) in [7, 11) is 0. The Bertz CT molecular complexity index is 1150. The SMILES string of the molecule is CC(=O)[O-].CC(=O)[O-].CC(=O)[O-].CC(=O)[O-].CC(=O)[O-].CC(=O)[O-].CC(=O)[O-].CC(=O)[O-].CC(=O)[O-].CC(=O)[O-].CC(=O)[O-].CC(=O)[O-].CC(=O)[O-].CC(=O)[O-].CC(=O)[O-].CC(=O)[O-].CC(=O)[O-].CC(=O)[O-].CC(=O)[O-].CC(=O)[O-].CC(=O)[O-].[Fe+3].[U].[U].[U]. The molecule has 0 saturated carbocycles. The van der Waals surface area contributed by atoms with Gasteiger partial charge in [0.05, 0.1) is 0 Å². The van der Waals surface area contributed by atoms with Crippen molar-refractivity contribution in [1.29, 1.82) is 0 Å². The van der Waals surface area contributed by atoms with Gasteiger partial charge in [0.2, 0.25) is 0 Å². The van der Waals surface area contributed by atoms with Crippen LogP contribution < -0.4 is 107 Å². The van der Waals surface area contributed by atoms with Gasteiger partial charge in [-0.25, -0.2) is 0 Å². The third-order valence-electron chi connectivity index (χ3n) is 0. The fourth-order valence-electron chi connectivity index (χ4n) is 0. The molecule has 0 amide bonds. The van der Waals surface area contributed by atoms with E-state index in [0.717, 1.165) is 145 Å². The maximum Gasteiger partial charge on any atom is 3.00 e. The Hall–Kier alpha value is -7.45. The van der Waals surface area contributed by atoms with Gasteiger partial charge in [0.1, 0.15) is 0 Å². The van der Waals surface area contributed by atoms with Crippen molar-refractivity contribution >= 4 is 125 Å². The summed E-state index contributed by atoms with van der Waals surface area (Å²) >= 11 is 0. The molecule has 0 rings (SSSR count). The van der Waals surface area contributed by atoms with Gasteiger partial charge in [-0.2, -0.15) is 0 Å². The molecule has 521 valence electrons. The molecule has 0 aliphatic rings. The molecule has 42 nitrogen and oxygen atoms in total. The summed E-state index contributed by atoms with van der Waals surface area (Å²) in [5.41, 5.74) is 0. The van der Waals surface area contributed by atoms with Gasteiger partial charge < -0.3 is 208 Å². The summed E-state index contributed by atoms with van der Waals surface area (Å²) in [5.74, 6) is -22.7. The van der Waals surface area contributed by atoms with Crippen LogP contribution in [0.2, 0.25) is 0 Å². The van der Waals surface area contributed by atoms with Crippen LogP contribution >= 0.6 is 0 Å². The molecule has 0 unspecified atom stereocenters. The molecule has 0 atom stereocenters. The zero-order valence-corrected chi connectivity index (χ0v) is 64.1. The van der Waals surface area contributed by atoms with Crippen LogP contribution in [0.4, 0.5) is 0 Å². The smallest absolute Gasteiger partial charge is 0.550 e. The van der Waals surface area contributed by atoms with Crippen LogP contribution in [-0.2, 0) is 118 Å². The number of carbonyl (C=O) groups is 21. The van der Waals surface area contributed by atoms with Gasteiger partial charge in [-0.3, -0.25) is 0 Å². The van der Waals surface area contributed by atoms with E-state index in [0.29, 0.717) is 0 Å². The number of aliphatic carboxylic acids is 21. The van der Waals surface area contributed by atoms with Crippen molar-refractivity contribution in [2.24, 2.45) is 0 Å². The molecule has 1 radical (unpaired) electrons. The number of hydrogen-bond acceptors (Lipinski definition) is 42. The first kappa shape index (κ1) is 165. The van der Waals surface area contributed by atoms with E-state index in [2.05, 4.69) is 0 Å². The van der Waals surface area contributed by atoms with E-state index >= 15 is 0 Å². The minimum absolute atomic E-state index is 0. The maximum atomic E-state index is 8.89. The van der Waals surface area contributed by atoms with Crippen LogP contribution in [-0.4, -0.2) is 125 Å². The Morgan fingerprint density at radius 3 is 0.114 bits per heavy atom. The Labute approximate surface area is 584 Å². The van der Waals surface area contributed by atoms with E-state index in [1.54, 1.807) is 0 Å². The molecule has 0 spiro atoms.